The second kappa shape index (κ2) is 14.6. The number of halogens is 3. The molecule has 46 heavy (non-hydrogen) atoms. The van der Waals surface area contributed by atoms with Crippen LogP contribution in [0.5, 0.6) is 5.75 Å². The van der Waals surface area contributed by atoms with Gasteiger partial charge in [0.1, 0.15) is 10.7 Å². The Morgan fingerprint density at radius 2 is 1.37 bits per heavy atom. The molecule has 2 N–H and O–H groups in total. The third kappa shape index (κ3) is 8.02. The quantitative estimate of drug-likeness (QED) is 0.131. The standard InChI is InChI=1S/C36H30Cl2FNO5S/c37-31-12-10-28(11-13-31)29-3-1-2-27(18-29)23-40(22-26-8-14-32(39)15-9-26)46(44,45)35-21-30(20-33(38)36(35)43)34(42)19-25-6-4-24(5-7-25)16-17-41/h1-15,18,20-21,41,43H,16-17,19,22-23H2. The predicted molar refractivity (Wildman–Crippen MR) is 178 cm³/mol. The first-order valence-corrected chi connectivity index (χ1v) is 16.6. The van der Waals surface area contributed by atoms with Crippen molar-refractivity contribution in [1.29, 1.82) is 0 Å². The first-order valence-electron chi connectivity index (χ1n) is 14.4. The molecule has 0 radical (unpaired) electrons. The van der Waals surface area contributed by atoms with Gasteiger partial charge in [0, 0.05) is 36.7 Å². The lowest BCUT2D eigenvalue weighted by Crippen LogP contribution is -2.30. The zero-order valence-corrected chi connectivity index (χ0v) is 26.9. The Morgan fingerprint density at radius 1 is 0.739 bits per heavy atom. The largest absolute Gasteiger partial charge is 0.505 e. The van der Waals surface area contributed by atoms with E-state index in [2.05, 4.69) is 0 Å². The van der Waals surface area contributed by atoms with Crippen molar-refractivity contribution in [2.75, 3.05) is 6.61 Å². The molecule has 0 unspecified atom stereocenters. The number of ketones is 1. The van der Waals surface area contributed by atoms with Crippen LogP contribution in [0, 0.1) is 5.82 Å². The Bertz CT molecular complexity index is 1950. The Kier molecular flexibility index (Phi) is 10.6. The van der Waals surface area contributed by atoms with Crippen molar-refractivity contribution in [2.45, 2.75) is 30.8 Å². The number of Topliss-reactive ketones (excluding diaryl/α,β-unsaturated/α-hetero) is 1. The number of carbonyl (C=O) groups excluding carboxylic acids is 1. The van der Waals surface area contributed by atoms with Crippen LogP contribution < -0.4 is 0 Å². The molecule has 0 atom stereocenters. The van der Waals surface area contributed by atoms with E-state index in [0.29, 0.717) is 28.1 Å². The van der Waals surface area contributed by atoms with Crippen molar-refractivity contribution in [3.05, 3.63) is 153 Å². The van der Waals surface area contributed by atoms with Crippen LogP contribution in [0.15, 0.2) is 114 Å². The summed E-state index contributed by atoms with van der Waals surface area (Å²) in [5.74, 6) is -1.54. The van der Waals surface area contributed by atoms with E-state index < -0.39 is 32.3 Å². The van der Waals surface area contributed by atoms with Gasteiger partial charge in [-0.05, 0) is 82.3 Å². The summed E-state index contributed by atoms with van der Waals surface area (Å²) in [6.07, 6.45) is 0.458. The molecule has 0 heterocycles. The Morgan fingerprint density at radius 3 is 2.04 bits per heavy atom. The van der Waals surface area contributed by atoms with E-state index >= 15 is 0 Å². The Labute approximate surface area is 277 Å². The van der Waals surface area contributed by atoms with Gasteiger partial charge >= 0.3 is 0 Å². The number of phenols is 1. The smallest absolute Gasteiger partial charge is 0.247 e. The molecule has 0 spiro atoms. The summed E-state index contributed by atoms with van der Waals surface area (Å²) in [7, 11) is -4.47. The van der Waals surface area contributed by atoms with Gasteiger partial charge in [0.15, 0.2) is 11.5 Å². The number of hydrogen-bond acceptors (Lipinski definition) is 5. The van der Waals surface area contributed by atoms with Gasteiger partial charge in [0.05, 0.1) is 5.02 Å². The highest BCUT2D eigenvalue weighted by Crippen LogP contribution is 2.36. The first-order chi connectivity index (χ1) is 22.0. The summed E-state index contributed by atoms with van der Waals surface area (Å²) < 4.78 is 43.4. The van der Waals surface area contributed by atoms with Gasteiger partial charge in [-0.2, -0.15) is 4.31 Å². The summed E-state index contributed by atoms with van der Waals surface area (Å²) >= 11 is 12.4. The van der Waals surface area contributed by atoms with E-state index in [0.717, 1.165) is 27.1 Å². The summed E-state index contributed by atoms with van der Waals surface area (Å²) in [5, 5.41) is 20.4. The van der Waals surface area contributed by atoms with Gasteiger partial charge < -0.3 is 10.2 Å². The number of carbonyl (C=O) groups is 1. The lowest BCUT2D eigenvalue weighted by Gasteiger charge is -2.24. The van der Waals surface area contributed by atoms with Crippen LogP contribution in [0.3, 0.4) is 0 Å². The zero-order chi connectivity index (χ0) is 32.8. The first kappa shape index (κ1) is 33.3. The third-order valence-electron chi connectivity index (χ3n) is 7.49. The minimum atomic E-state index is -4.47. The number of rotatable bonds is 12. The minimum Gasteiger partial charge on any atom is -0.505 e. The highest BCUT2D eigenvalue weighted by atomic mass is 35.5. The molecule has 5 rings (SSSR count). The second-order valence-corrected chi connectivity index (χ2v) is 13.6. The average molecular weight is 679 g/mol. The molecule has 0 saturated heterocycles. The average Bonchev–Trinajstić information content (AvgIpc) is 3.04. The van der Waals surface area contributed by atoms with Crippen molar-refractivity contribution in [1.82, 2.24) is 4.31 Å². The van der Waals surface area contributed by atoms with Crippen molar-refractivity contribution < 1.29 is 27.8 Å². The molecule has 0 saturated carbocycles. The molecular formula is C36H30Cl2FNO5S. The molecule has 236 valence electrons. The molecule has 0 aliphatic carbocycles. The number of aliphatic hydroxyl groups excluding tert-OH is 1. The molecule has 0 amide bonds. The summed E-state index contributed by atoms with van der Waals surface area (Å²) in [5.41, 5.74) is 4.53. The number of phenolic OH excluding ortho intramolecular Hbond substituents is 1. The minimum absolute atomic E-state index is 0.00744. The summed E-state index contributed by atoms with van der Waals surface area (Å²) in [6, 6.07) is 29.6. The maximum atomic E-state index is 14.3. The van der Waals surface area contributed by atoms with Crippen LogP contribution in [-0.4, -0.2) is 35.3 Å². The molecule has 0 fully saturated rings. The lowest BCUT2D eigenvalue weighted by atomic mass is 10.0. The number of hydrogen-bond donors (Lipinski definition) is 2. The highest BCUT2D eigenvalue weighted by Gasteiger charge is 2.30. The maximum Gasteiger partial charge on any atom is 0.247 e. The fraction of sp³-hybridized carbons (Fsp3) is 0.139. The maximum absolute atomic E-state index is 14.3. The van der Waals surface area contributed by atoms with Crippen LogP contribution in [0.1, 0.15) is 32.6 Å². The number of sulfonamides is 1. The van der Waals surface area contributed by atoms with Crippen LogP contribution in [0.2, 0.25) is 10.0 Å². The Balaban J connectivity index is 1.50. The van der Waals surface area contributed by atoms with Gasteiger partial charge in [0.2, 0.25) is 10.0 Å². The second-order valence-electron chi connectivity index (χ2n) is 10.8. The van der Waals surface area contributed by atoms with Gasteiger partial charge in [-0.1, -0.05) is 89.9 Å². The Hall–Kier alpha value is -4.05. The SMILES string of the molecule is O=C(Cc1ccc(CCO)cc1)c1cc(Cl)c(O)c(S(=O)(=O)N(Cc2ccc(F)cc2)Cc2cccc(-c3ccc(Cl)cc3)c2)c1. The number of aromatic hydroxyl groups is 1. The highest BCUT2D eigenvalue weighted by molar-refractivity contribution is 7.89. The number of benzene rings is 5. The van der Waals surface area contributed by atoms with E-state index in [-0.39, 0.29) is 36.7 Å². The van der Waals surface area contributed by atoms with E-state index in [1.54, 1.807) is 30.3 Å². The van der Waals surface area contributed by atoms with Gasteiger partial charge in [-0.25, -0.2) is 12.8 Å². The van der Waals surface area contributed by atoms with Crippen LogP contribution in [0.25, 0.3) is 11.1 Å². The van der Waals surface area contributed by atoms with E-state index in [1.165, 1.54) is 30.3 Å². The van der Waals surface area contributed by atoms with Gasteiger partial charge in [0.25, 0.3) is 0 Å². The molecule has 0 aliphatic rings. The van der Waals surface area contributed by atoms with Crippen LogP contribution in [0.4, 0.5) is 4.39 Å². The zero-order valence-electron chi connectivity index (χ0n) is 24.5. The van der Waals surface area contributed by atoms with E-state index in [1.807, 2.05) is 42.5 Å². The molecule has 0 aromatic heterocycles. The molecule has 6 nitrogen and oxygen atoms in total. The summed E-state index contributed by atoms with van der Waals surface area (Å²) in [6.45, 7) is -0.243. The molecule has 0 bridgehead atoms. The number of nitrogens with zero attached hydrogens (tertiary/aromatic N) is 1. The fourth-order valence-electron chi connectivity index (χ4n) is 5.03. The molecule has 5 aromatic rings. The molecule has 5 aromatic carbocycles. The van der Waals surface area contributed by atoms with E-state index in [4.69, 9.17) is 28.3 Å². The van der Waals surface area contributed by atoms with Crippen molar-refractivity contribution in [3.63, 3.8) is 0 Å². The van der Waals surface area contributed by atoms with Gasteiger partial charge in [-0.3, -0.25) is 4.79 Å². The molecular weight excluding hydrogens is 648 g/mol. The fourth-order valence-corrected chi connectivity index (χ4v) is 6.97. The lowest BCUT2D eigenvalue weighted by molar-refractivity contribution is 0.0992. The molecule has 10 heteroatoms. The van der Waals surface area contributed by atoms with Crippen molar-refractivity contribution in [3.8, 4) is 16.9 Å². The normalized spacial score (nSPS) is 11.6. The van der Waals surface area contributed by atoms with Crippen molar-refractivity contribution in [2.24, 2.45) is 0 Å². The van der Waals surface area contributed by atoms with Gasteiger partial charge in [-0.15, -0.1) is 0 Å². The van der Waals surface area contributed by atoms with Crippen LogP contribution in [-0.2, 0) is 36.0 Å². The monoisotopic (exact) mass is 677 g/mol. The third-order valence-corrected chi connectivity index (χ3v) is 9.84. The van der Waals surface area contributed by atoms with E-state index in [9.17, 15) is 22.7 Å². The number of aliphatic hydroxyl groups is 1. The summed E-state index contributed by atoms with van der Waals surface area (Å²) in [4.78, 5) is 12.8. The molecule has 0 aliphatic heterocycles. The predicted octanol–water partition coefficient (Wildman–Crippen LogP) is 7.86. The van der Waals surface area contributed by atoms with Crippen LogP contribution >= 0.6 is 23.2 Å². The van der Waals surface area contributed by atoms with Crippen molar-refractivity contribution >= 4 is 39.0 Å². The topological polar surface area (TPSA) is 94.9 Å².